The maximum absolute atomic E-state index is 12.1. The Morgan fingerprint density at radius 3 is 2.55 bits per heavy atom. The molecule has 1 unspecified atom stereocenters. The summed E-state index contributed by atoms with van der Waals surface area (Å²) in [5, 5.41) is 0. The summed E-state index contributed by atoms with van der Waals surface area (Å²) in [4.78, 5) is 23.1. The van der Waals surface area contributed by atoms with Gasteiger partial charge in [-0.25, -0.2) is 0 Å². The molecule has 1 saturated heterocycles. The smallest absolute Gasteiger partial charge is 0.315 e. The fourth-order valence-electron chi connectivity index (χ4n) is 2.02. The van der Waals surface area contributed by atoms with Gasteiger partial charge >= 0.3 is 11.9 Å². The van der Waals surface area contributed by atoms with Crippen molar-refractivity contribution in [3.63, 3.8) is 0 Å². The average Bonchev–Trinajstić information content (AvgIpc) is 2.48. The zero-order valence-corrected chi connectivity index (χ0v) is 11.6. The predicted octanol–water partition coefficient (Wildman–Crippen LogP) is 1.53. The first kappa shape index (κ1) is 14.5. The molecule has 0 saturated carbocycles. The number of hydrogen-bond donors (Lipinski definition) is 1. The number of ether oxygens (including phenoxy) is 2. The van der Waals surface area contributed by atoms with Crippen LogP contribution >= 0.6 is 0 Å². The average molecular weight is 277 g/mol. The van der Waals surface area contributed by atoms with E-state index in [2.05, 4.69) is 0 Å². The molecule has 1 aromatic rings. The summed E-state index contributed by atoms with van der Waals surface area (Å²) in [5.41, 5.74) is 6.73. The van der Waals surface area contributed by atoms with E-state index < -0.39 is 5.41 Å². The lowest BCUT2D eigenvalue weighted by Crippen LogP contribution is -2.39. The number of carbonyl (C=O) groups excluding carboxylic acids is 2. The molecule has 108 valence electrons. The van der Waals surface area contributed by atoms with Gasteiger partial charge in [0.25, 0.3) is 0 Å². The Balaban J connectivity index is 1.89. The highest BCUT2D eigenvalue weighted by molar-refractivity contribution is 5.80. The normalized spacial score (nSPS) is 22.2. The molecule has 1 fully saturated rings. The van der Waals surface area contributed by atoms with E-state index >= 15 is 0 Å². The van der Waals surface area contributed by atoms with Crippen molar-refractivity contribution in [1.29, 1.82) is 0 Å². The van der Waals surface area contributed by atoms with Crippen molar-refractivity contribution in [2.75, 3.05) is 6.61 Å². The van der Waals surface area contributed by atoms with E-state index in [1.54, 1.807) is 6.92 Å². The zero-order chi connectivity index (χ0) is 14.6. The van der Waals surface area contributed by atoms with E-state index in [1.165, 1.54) is 0 Å². The van der Waals surface area contributed by atoms with Gasteiger partial charge in [0.2, 0.25) is 0 Å². The number of nitrogens with two attached hydrogens (primary N) is 1. The Morgan fingerprint density at radius 1 is 1.35 bits per heavy atom. The first-order valence-electron chi connectivity index (χ1n) is 6.64. The highest BCUT2D eigenvalue weighted by Gasteiger charge is 2.40. The maximum Gasteiger partial charge on any atom is 0.315 e. The van der Waals surface area contributed by atoms with Crippen molar-refractivity contribution >= 4 is 11.9 Å². The van der Waals surface area contributed by atoms with Crippen molar-refractivity contribution < 1.29 is 19.1 Å². The van der Waals surface area contributed by atoms with Gasteiger partial charge < -0.3 is 15.2 Å². The number of esters is 2. The first-order valence-corrected chi connectivity index (χ1v) is 6.64. The molecule has 1 heterocycles. The number of benzene rings is 1. The van der Waals surface area contributed by atoms with Crippen molar-refractivity contribution in [1.82, 2.24) is 0 Å². The topological polar surface area (TPSA) is 78.6 Å². The second-order valence-corrected chi connectivity index (χ2v) is 5.32. The van der Waals surface area contributed by atoms with Gasteiger partial charge in [0.05, 0.1) is 5.41 Å². The Morgan fingerprint density at radius 2 is 2.00 bits per heavy atom. The molecule has 0 amide bonds. The first-order chi connectivity index (χ1) is 9.53. The molecule has 0 aromatic heterocycles. The summed E-state index contributed by atoms with van der Waals surface area (Å²) in [6.07, 6.45) is 0.730. The molecule has 1 atom stereocenters. The number of cyclic esters (lactones) is 1. The minimum Gasteiger partial charge on any atom is -0.464 e. The summed E-state index contributed by atoms with van der Waals surface area (Å²) in [5.74, 6) is -0.583. The van der Waals surface area contributed by atoms with Crippen molar-refractivity contribution in [2.45, 2.75) is 32.9 Å². The zero-order valence-electron chi connectivity index (χ0n) is 11.6. The summed E-state index contributed by atoms with van der Waals surface area (Å²) in [7, 11) is 0. The quantitative estimate of drug-likeness (QED) is 0.844. The minimum atomic E-state index is -0.731. The lowest BCUT2D eigenvalue weighted by molar-refractivity contribution is -0.170. The molecular formula is C15H19NO4. The lowest BCUT2D eigenvalue weighted by atomic mass is 9.85. The molecule has 0 aliphatic carbocycles. The van der Waals surface area contributed by atoms with E-state index in [0.717, 1.165) is 11.1 Å². The van der Waals surface area contributed by atoms with Gasteiger partial charge in [0.15, 0.2) is 0 Å². The Kier molecular flexibility index (Phi) is 4.39. The summed E-state index contributed by atoms with van der Waals surface area (Å²) in [6.45, 7) is 2.56. The van der Waals surface area contributed by atoms with Crippen molar-refractivity contribution in [2.24, 2.45) is 11.1 Å². The Hall–Kier alpha value is -1.88. The van der Waals surface area contributed by atoms with Crippen LogP contribution < -0.4 is 5.73 Å². The second-order valence-electron chi connectivity index (χ2n) is 5.32. The number of rotatable bonds is 4. The van der Waals surface area contributed by atoms with Crippen LogP contribution in [0.25, 0.3) is 0 Å². The number of carbonyl (C=O) groups is 2. The summed E-state index contributed by atoms with van der Waals surface area (Å²) < 4.78 is 10.3. The van der Waals surface area contributed by atoms with Crippen LogP contribution in [0.2, 0.25) is 0 Å². The van der Waals surface area contributed by atoms with Crippen molar-refractivity contribution in [3.05, 3.63) is 35.4 Å². The molecule has 0 radical (unpaired) electrons. The van der Waals surface area contributed by atoms with E-state index in [-0.39, 0.29) is 31.6 Å². The van der Waals surface area contributed by atoms with Gasteiger partial charge in [0, 0.05) is 13.0 Å². The van der Waals surface area contributed by atoms with Crippen LogP contribution in [0.3, 0.4) is 0 Å². The largest absolute Gasteiger partial charge is 0.464 e. The Bertz CT molecular complexity index is 485. The van der Waals surface area contributed by atoms with E-state index in [9.17, 15) is 9.59 Å². The van der Waals surface area contributed by atoms with Crippen LogP contribution in [-0.4, -0.2) is 18.5 Å². The van der Waals surface area contributed by atoms with E-state index in [4.69, 9.17) is 15.2 Å². The molecule has 20 heavy (non-hydrogen) atoms. The third kappa shape index (κ3) is 3.36. The number of hydrogen-bond acceptors (Lipinski definition) is 5. The van der Waals surface area contributed by atoms with E-state index in [1.807, 2.05) is 24.3 Å². The molecule has 1 aliphatic heterocycles. The molecule has 0 bridgehead atoms. The monoisotopic (exact) mass is 277 g/mol. The van der Waals surface area contributed by atoms with Gasteiger partial charge in [0.1, 0.15) is 13.2 Å². The van der Waals surface area contributed by atoms with Gasteiger partial charge in [-0.1, -0.05) is 24.3 Å². The fraction of sp³-hybridized carbons (Fsp3) is 0.467. The van der Waals surface area contributed by atoms with E-state index in [0.29, 0.717) is 13.0 Å². The van der Waals surface area contributed by atoms with Gasteiger partial charge in [-0.2, -0.15) is 0 Å². The molecule has 2 N–H and O–H groups in total. The second kappa shape index (κ2) is 6.05. The fourth-order valence-corrected chi connectivity index (χ4v) is 2.02. The van der Waals surface area contributed by atoms with Crippen LogP contribution in [-0.2, 0) is 32.2 Å². The highest BCUT2D eigenvalue weighted by atomic mass is 16.6. The minimum absolute atomic E-state index is 0.0940. The Labute approximate surface area is 118 Å². The molecule has 0 spiro atoms. The van der Waals surface area contributed by atoms with Gasteiger partial charge in [-0.15, -0.1) is 0 Å². The van der Waals surface area contributed by atoms with Crippen LogP contribution in [0, 0.1) is 5.41 Å². The molecule has 1 aliphatic rings. The molecule has 5 heteroatoms. The van der Waals surface area contributed by atoms with Crippen LogP contribution in [0.1, 0.15) is 30.9 Å². The SMILES string of the molecule is CC1(C(=O)OCc2ccc(CN)cc2)CCC(=O)OC1. The van der Waals surface area contributed by atoms with Crippen molar-refractivity contribution in [3.8, 4) is 0 Å². The maximum atomic E-state index is 12.1. The standard InChI is InChI=1S/C15H19NO4/c1-15(7-6-13(17)20-10-15)14(18)19-9-12-4-2-11(8-16)3-5-12/h2-5H,6-10,16H2,1H3. The predicted molar refractivity (Wildman–Crippen MR) is 72.4 cm³/mol. The van der Waals surface area contributed by atoms with Crippen LogP contribution in [0.4, 0.5) is 0 Å². The van der Waals surface area contributed by atoms with Crippen LogP contribution in [0.15, 0.2) is 24.3 Å². The summed E-state index contributed by atoms with van der Waals surface area (Å²) >= 11 is 0. The summed E-state index contributed by atoms with van der Waals surface area (Å²) in [6, 6.07) is 7.60. The van der Waals surface area contributed by atoms with Gasteiger partial charge in [-0.05, 0) is 24.5 Å². The molecule has 1 aromatic carbocycles. The van der Waals surface area contributed by atoms with Gasteiger partial charge in [-0.3, -0.25) is 9.59 Å². The molecule has 2 rings (SSSR count). The molecular weight excluding hydrogens is 258 g/mol. The molecule has 5 nitrogen and oxygen atoms in total. The third-order valence-electron chi connectivity index (χ3n) is 3.55. The van der Waals surface area contributed by atoms with Crippen LogP contribution in [0.5, 0.6) is 0 Å². The highest BCUT2D eigenvalue weighted by Crippen LogP contribution is 2.30. The lowest BCUT2D eigenvalue weighted by Gasteiger charge is -2.30. The third-order valence-corrected chi connectivity index (χ3v) is 3.55.